The van der Waals surface area contributed by atoms with Crippen LogP contribution in [0.2, 0.25) is 0 Å². The van der Waals surface area contributed by atoms with Crippen LogP contribution in [-0.4, -0.2) is 100 Å². The summed E-state index contributed by atoms with van der Waals surface area (Å²) in [6.07, 6.45) is 3.08. The Bertz CT molecular complexity index is 1830. The van der Waals surface area contributed by atoms with Crippen LogP contribution in [0.4, 0.5) is 21.0 Å². The van der Waals surface area contributed by atoms with Crippen molar-refractivity contribution in [1.29, 1.82) is 0 Å². The van der Waals surface area contributed by atoms with Gasteiger partial charge in [-0.15, -0.1) is 0 Å². The molecule has 284 valence electrons. The Balaban J connectivity index is 0.00000650. The molecule has 0 radical (unpaired) electrons. The van der Waals surface area contributed by atoms with E-state index in [0.29, 0.717) is 41.3 Å². The number of methoxy groups -OCH3 is 2. The molecule has 1 aliphatic heterocycles. The molecule has 3 aromatic carbocycles. The van der Waals surface area contributed by atoms with Gasteiger partial charge in [0.05, 0.1) is 26.7 Å². The number of urea groups is 2. The van der Waals surface area contributed by atoms with Crippen molar-refractivity contribution in [1.82, 2.24) is 15.1 Å². The number of anilines is 2. The van der Waals surface area contributed by atoms with Crippen LogP contribution in [0.1, 0.15) is 81.5 Å². The second-order valence-electron chi connectivity index (χ2n) is 14.1. The molecule has 6 amide bonds. The zero-order chi connectivity index (χ0) is 38.3. The van der Waals surface area contributed by atoms with E-state index in [9.17, 15) is 29.1 Å². The first-order valence-corrected chi connectivity index (χ1v) is 18.0. The number of amides is 6. The Morgan fingerprint density at radius 3 is 2.20 bits per heavy atom. The van der Waals surface area contributed by atoms with Gasteiger partial charge >= 0.3 is 47.6 Å². The Kier molecular flexibility index (Phi) is 14.5. The second-order valence-corrected chi connectivity index (χ2v) is 14.1. The van der Waals surface area contributed by atoms with Crippen LogP contribution in [0.5, 0.6) is 11.5 Å². The second kappa shape index (κ2) is 18.6. The number of benzene rings is 3. The normalized spacial score (nSPS) is 16.0. The number of carbonyl (C=O) groups excluding carboxylic acids is 4. The van der Waals surface area contributed by atoms with Crippen LogP contribution < -0.4 is 25.4 Å². The molecule has 14 heteroatoms. The fourth-order valence-corrected chi connectivity index (χ4v) is 7.29. The van der Waals surface area contributed by atoms with Gasteiger partial charge in [0.2, 0.25) is 5.91 Å². The third-order valence-corrected chi connectivity index (χ3v) is 10.0. The third kappa shape index (κ3) is 9.55. The number of aryl methyl sites for hydroxylation is 1. The van der Waals surface area contributed by atoms with Crippen LogP contribution >= 0.6 is 0 Å². The molecule has 1 saturated carbocycles. The molecule has 1 heterocycles. The summed E-state index contributed by atoms with van der Waals surface area (Å²) in [4.78, 5) is 70.7. The zero-order valence-corrected chi connectivity index (χ0v) is 30.9. The first kappa shape index (κ1) is 42.2. The summed E-state index contributed by atoms with van der Waals surface area (Å²) in [7, 11) is 2.93. The van der Waals surface area contributed by atoms with Gasteiger partial charge in [-0.3, -0.25) is 14.4 Å². The summed E-state index contributed by atoms with van der Waals surface area (Å²) in [5, 5.41) is 18.3. The number of aliphatic carboxylic acids is 1. The summed E-state index contributed by atoms with van der Waals surface area (Å²) in [5.74, 6) is -1.46. The van der Waals surface area contributed by atoms with Gasteiger partial charge in [-0.25, -0.2) is 14.5 Å². The number of para-hydroxylation sites is 1. The molecular formula is C40H50N5NaO8. The predicted octanol–water partition coefficient (Wildman–Crippen LogP) is 6.22. The van der Waals surface area contributed by atoms with Gasteiger partial charge in [-0.1, -0.05) is 63.4 Å². The van der Waals surface area contributed by atoms with E-state index >= 15 is 0 Å². The number of ether oxygens (including phenoxy) is 2. The van der Waals surface area contributed by atoms with Crippen molar-refractivity contribution in [2.75, 3.05) is 24.9 Å². The summed E-state index contributed by atoms with van der Waals surface area (Å²) in [6.45, 7) is 5.83. The van der Waals surface area contributed by atoms with Crippen LogP contribution in [0, 0.1) is 12.8 Å². The van der Waals surface area contributed by atoms with E-state index in [4.69, 9.17) is 9.47 Å². The van der Waals surface area contributed by atoms with E-state index in [1.165, 1.54) is 14.2 Å². The number of nitrogens with one attached hydrogen (secondary N) is 3. The van der Waals surface area contributed by atoms with Crippen molar-refractivity contribution in [3.63, 3.8) is 0 Å². The van der Waals surface area contributed by atoms with Gasteiger partial charge in [0.1, 0.15) is 23.1 Å². The van der Waals surface area contributed by atoms with Crippen LogP contribution in [0.25, 0.3) is 0 Å². The van der Waals surface area contributed by atoms with Gasteiger partial charge in [0.25, 0.3) is 5.91 Å². The number of carbonyl (C=O) groups is 5. The number of nitrogens with zero attached hydrogens (tertiary/aromatic N) is 2. The van der Waals surface area contributed by atoms with E-state index in [2.05, 4.69) is 16.0 Å². The van der Waals surface area contributed by atoms with Crippen LogP contribution in [-0.2, 0) is 20.9 Å². The van der Waals surface area contributed by atoms with E-state index in [-0.39, 0.29) is 48.4 Å². The average Bonchev–Trinajstić information content (AvgIpc) is 3.32. The van der Waals surface area contributed by atoms with E-state index in [1.54, 1.807) is 47.4 Å². The molecule has 1 aliphatic carbocycles. The summed E-state index contributed by atoms with van der Waals surface area (Å²) in [5.41, 5.74) is 2.23. The number of carboxylic acid groups (broad SMARTS) is 1. The average molecular weight is 752 g/mol. The SMILES string of the molecule is COc1ccc([C@H](CC(=O)O)NC(=O)[C@H](CC(C)C)N2C(=O)N(Cc3ccc(NC(=O)Nc4ccccc4C)cc3)C3(CCCCC3)C2=O)c(OC)c1.[NaH]. The Morgan fingerprint density at radius 2 is 1.59 bits per heavy atom. The molecule has 0 bridgehead atoms. The Hall–Kier alpha value is -4.59. The van der Waals surface area contributed by atoms with Gasteiger partial charge in [0.15, 0.2) is 0 Å². The van der Waals surface area contributed by atoms with Crippen molar-refractivity contribution in [2.24, 2.45) is 5.92 Å². The first-order valence-electron chi connectivity index (χ1n) is 18.0. The van der Waals surface area contributed by atoms with Gasteiger partial charge in [0, 0.05) is 29.5 Å². The maximum absolute atomic E-state index is 14.6. The molecule has 2 atom stereocenters. The minimum absolute atomic E-state index is 0. The molecule has 3 aromatic rings. The third-order valence-electron chi connectivity index (χ3n) is 10.0. The summed E-state index contributed by atoms with van der Waals surface area (Å²) >= 11 is 0. The van der Waals surface area contributed by atoms with E-state index < -0.39 is 53.9 Å². The predicted molar refractivity (Wildman–Crippen MR) is 207 cm³/mol. The van der Waals surface area contributed by atoms with E-state index in [0.717, 1.165) is 35.3 Å². The molecule has 1 saturated heterocycles. The van der Waals surface area contributed by atoms with Gasteiger partial charge in [-0.05, 0) is 73.6 Å². The number of carboxylic acids is 1. The van der Waals surface area contributed by atoms with Crippen molar-refractivity contribution in [3.8, 4) is 11.5 Å². The van der Waals surface area contributed by atoms with Crippen LogP contribution in [0.15, 0.2) is 66.7 Å². The molecule has 54 heavy (non-hydrogen) atoms. The van der Waals surface area contributed by atoms with Crippen molar-refractivity contribution >= 4 is 70.8 Å². The molecule has 2 aliphatic rings. The number of rotatable bonds is 14. The Morgan fingerprint density at radius 1 is 0.907 bits per heavy atom. The minimum atomic E-state index is -1.18. The number of hydrogen-bond donors (Lipinski definition) is 4. The number of hydrogen-bond acceptors (Lipinski definition) is 7. The summed E-state index contributed by atoms with van der Waals surface area (Å²) < 4.78 is 10.8. The van der Waals surface area contributed by atoms with Crippen molar-refractivity contribution in [3.05, 3.63) is 83.4 Å². The van der Waals surface area contributed by atoms with Gasteiger partial charge in [-0.2, -0.15) is 0 Å². The molecule has 2 fully saturated rings. The molecule has 13 nitrogen and oxygen atoms in total. The standard InChI is InChI=1S/C40H49N5O8.Na.H/c1-25(2)21-33(36(48)42-32(23-35(46)47)30-18-17-29(52-4)22-34(30)53-5)45-37(49)40(19-9-6-10-20-40)44(39(45)51)24-27-13-15-28(16-14-27)41-38(50)43-31-12-8-7-11-26(31)3;;/h7-8,11-18,22,25,32-33H,6,9-10,19-21,23-24H2,1-5H3,(H,42,48)(H,46,47)(H2,41,43,50);;/t32-,33-;;/m0../s1. The monoisotopic (exact) mass is 751 g/mol. The number of imide groups is 1. The fraction of sp³-hybridized carbons (Fsp3) is 0.425. The molecule has 0 aromatic heterocycles. The maximum atomic E-state index is 14.6. The first-order chi connectivity index (χ1) is 25.4. The topological polar surface area (TPSA) is 167 Å². The fourth-order valence-electron chi connectivity index (χ4n) is 7.29. The molecule has 0 unspecified atom stereocenters. The molecule has 5 rings (SSSR count). The molecular weight excluding hydrogens is 701 g/mol. The quantitative estimate of drug-likeness (QED) is 0.111. The molecule has 1 spiro atoms. The Labute approximate surface area is 338 Å². The van der Waals surface area contributed by atoms with E-state index in [1.807, 2.05) is 45.0 Å². The zero-order valence-electron chi connectivity index (χ0n) is 30.9. The van der Waals surface area contributed by atoms with Crippen LogP contribution in [0.3, 0.4) is 0 Å². The van der Waals surface area contributed by atoms with Gasteiger partial charge < -0.3 is 35.4 Å². The molecule has 4 N–H and O–H groups in total. The summed E-state index contributed by atoms with van der Waals surface area (Å²) in [6, 6.07) is 16.3. The van der Waals surface area contributed by atoms with Crippen molar-refractivity contribution in [2.45, 2.75) is 89.9 Å². The van der Waals surface area contributed by atoms with Crippen molar-refractivity contribution < 1.29 is 38.6 Å².